The van der Waals surface area contributed by atoms with Crippen LogP contribution in [0.4, 0.5) is 0 Å². The molecule has 35 heavy (non-hydrogen) atoms. The Morgan fingerprint density at radius 2 is 1.77 bits per heavy atom. The molecule has 0 saturated heterocycles. The van der Waals surface area contributed by atoms with Crippen molar-refractivity contribution in [1.82, 2.24) is 14.6 Å². The quantitative estimate of drug-likeness (QED) is 0.532. The molecule has 3 aromatic rings. The second-order valence-electron chi connectivity index (χ2n) is 9.14. The second-order valence-corrected chi connectivity index (χ2v) is 10.8. The van der Waals surface area contributed by atoms with Crippen LogP contribution in [-0.2, 0) is 33.4 Å². The van der Waals surface area contributed by atoms with E-state index in [9.17, 15) is 13.2 Å². The Morgan fingerprint density at radius 3 is 2.40 bits per heavy atom. The summed E-state index contributed by atoms with van der Waals surface area (Å²) in [6.45, 7) is 11.3. The molecule has 1 N–H and O–H groups in total. The van der Waals surface area contributed by atoms with Crippen LogP contribution in [0.15, 0.2) is 59.8 Å². The third-order valence-electron chi connectivity index (χ3n) is 6.76. The van der Waals surface area contributed by atoms with Crippen LogP contribution in [-0.4, -0.2) is 30.8 Å². The summed E-state index contributed by atoms with van der Waals surface area (Å²) >= 11 is 0. The van der Waals surface area contributed by atoms with E-state index >= 15 is 0 Å². The number of nitrogens with zero attached hydrogens (tertiary/aromatic N) is 2. The molecule has 1 atom stereocenters. The number of nitrogens with one attached hydrogen (secondary N) is 1. The first kappa shape index (κ1) is 24.9. The summed E-state index contributed by atoms with van der Waals surface area (Å²) in [5.41, 5.74) is 4.98. The Balaban J connectivity index is 1.79. The predicted molar refractivity (Wildman–Crippen MR) is 134 cm³/mol. The zero-order valence-electron chi connectivity index (χ0n) is 20.8. The molecule has 0 bridgehead atoms. The minimum absolute atomic E-state index is 0.0116. The van der Waals surface area contributed by atoms with Crippen molar-refractivity contribution in [3.05, 3.63) is 88.2 Å². The van der Waals surface area contributed by atoms with E-state index in [2.05, 4.69) is 42.6 Å². The molecule has 1 aliphatic rings. The predicted octanol–water partition coefficient (Wildman–Crippen LogP) is 4.14. The SMILES string of the molecule is CCOc1cccc2c1CN(Cc1c(C)cc(C)cc1C)C2(C)C(=O)NS(=O)(=O)c1ccncc1. The van der Waals surface area contributed by atoms with Crippen molar-refractivity contribution in [3.63, 3.8) is 0 Å². The van der Waals surface area contributed by atoms with Gasteiger partial charge >= 0.3 is 0 Å². The fourth-order valence-corrected chi connectivity index (χ4v) is 5.96. The van der Waals surface area contributed by atoms with Gasteiger partial charge in [-0.05, 0) is 75.1 Å². The van der Waals surface area contributed by atoms with E-state index in [4.69, 9.17) is 4.74 Å². The van der Waals surface area contributed by atoms with Gasteiger partial charge in [0, 0.05) is 31.0 Å². The van der Waals surface area contributed by atoms with Crippen LogP contribution in [0.5, 0.6) is 5.75 Å². The highest BCUT2D eigenvalue weighted by Crippen LogP contribution is 2.44. The molecule has 4 rings (SSSR count). The number of aromatic nitrogens is 1. The first-order valence-electron chi connectivity index (χ1n) is 11.6. The Hall–Kier alpha value is -3.23. The topological polar surface area (TPSA) is 88.6 Å². The molecular formula is C27H31N3O4S. The lowest BCUT2D eigenvalue weighted by atomic mass is 9.89. The number of fused-ring (bicyclic) bond motifs is 1. The largest absolute Gasteiger partial charge is 0.494 e. The highest BCUT2D eigenvalue weighted by atomic mass is 32.2. The molecule has 8 heteroatoms. The minimum Gasteiger partial charge on any atom is -0.494 e. The maximum Gasteiger partial charge on any atom is 0.264 e. The Kier molecular flexibility index (Phi) is 6.71. The zero-order valence-corrected chi connectivity index (χ0v) is 21.6. The lowest BCUT2D eigenvalue weighted by molar-refractivity contribution is -0.131. The molecule has 0 saturated carbocycles. The maximum absolute atomic E-state index is 13.8. The maximum atomic E-state index is 13.8. The second kappa shape index (κ2) is 9.43. The Morgan fingerprint density at radius 1 is 1.11 bits per heavy atom. The average Bonchev–Trinajstić information content (AvgIpc) is 3.10. The zero-order chi connectivity index (χ0) is 25.4. The number of carbonyl (C=O) groups is 1. The van der Waals surface area contributed by atoms with E-state index in [1.165, 1.54) is 30.1 Å². The Bertz CT molecular complexity index is 1350. The molecule has 0 spiro atoms. The molecule has 1 aromatic heterocycles. The van der Waals surface area contributed by atoms with Gasteiger partial charge in [0.05, 0.1) is 11.5 Å². The van der Waals surface area contributed by atoms with Gasteiger partial charge < -0.3 is 4.74 Å². The van der Waals surface area contributed by atoms with E-state index in [1.54, 1.807) is 6.92 Å². The molecule has 2 aromatic carbocycles. The Labute approximate surface area is 207 Å². The summed E-state index contributed by atoms with van der Waals surface area (Å²) in [5.74, 6) is 0.102. The van der Waals surface area contributed by atoms with Gasteiger partial charge in [0.15, 0.2) is 0 Å². The number of ether oxygens (including phenoxy) is 1. The van der Waals surface area contributed by atoms with Crippen molar-refractivity contribution in [3.8, 4) is 5.75 Å². The van der Waals surface area contributed by atoms with Crippen LogP contribution in [0.2, 0.25) is 0 Å². The molecule has 2 heterocycles. The van der Waals surface area contributed by atoms with Gasteiger partial charge in [-0.2, -0.15) is 0 Å². The van der Waals surface area contributed by atoms with Gasteiger partial charge in [0.25, 0.3) is 15.9 Å². The molecule has 1 aliphatic heterocycles. The number of sulfonamides is 1. The van der Waals surface area contributed by atoms with Crippen LogP contribution in [0.3, 0.4) is 0 Å². The van der Waals surface area contributed by atoms with Crippen LogP contribution < -0.4 is 9.46 Å². The highest BCUT2D eigenvalue weighted by molar-refractivity contribution is 7.90. The fraction of sp³-hybridized carbons (Fsp3) is 0.333. The average molecular weight is 494 g/mol. The summed E-state index contributed by atoms with van der Waals surface area (Å²) in [5, 5.41) is 0. The van der Waals surface area contributed by atoms with E-state index < -0.39 is 21.5 Å². The number of benzene rings is 2. The van der Waals surface area contributed by atoms with Gasteiger partial charge in [0.2, 0.25) is 0 Å². The van der Waals surface area contributed by atoms with E-state index in [0.717, 1.165) is 27.8 Å². The number of rotatable bonds is 7. The molecule has 184 valence electrons. The van der Waals surface area contributed by atoms with Crippen LogP contribution in [0.1, 0.15) is 47.2 Å². The normalized spacial score (nSPS) is 17.7. The highest BCUT2D eigenvalue weighted by Gasteiger charge is 2.49. The number of amides is 1. The van der Waals surface area contributed by atoms with Gasteiger partial charge in [-0.1, -0.05) is 29.8 Å². The monoisotopic (exact) mass is 493 g/mol. The summed E-state index contributed by atoms with van der Waals surface area (Å²) in [7, 11) is -4.07. The van der Waals surface area contributed by atoms with E-state index in [0.29, 0.717) is 25.4 Å². The summed E-state index contributed by atoms with van der Waals surface area (Å²) in [4.78, 5) is 19.7. The van der Waals surface area contributed by atoms with Gasteiger partial charge in [-0.25, -0.2) is 13.1 Å². The first-order chi connectivity index (χ1) is 16.6. The molecule has 0 aliphatic carbocycles. The molecule has 1 unspecified atom stereocenters. The number of carbonyl (C=O) groups excluding carboxylic acids is 1. The lowest BCUT2D eigenvalue weighted by Gasteiger charge is -2.35. The van der Waals surface area contributed by atoms with Gasteiger partial charge in [0.1, 0.15) is 11.3 Å². The minimum atomic E-state index is -4.07. The van der Waals surface area contributed by atoms with Crippen molar-refractivity contribution < 1.29 is 17.9 Å². The van der Waals surface area contributed by atoms with Crippen LogP contribution >= 0.6 is 0 Å². The number of pyridine rings is 1. The number of hydrogen-bond donors (Lipinski definition) is 1. The van der Waals surface area contributed by atoms with Crippen molar-refractivity contribution in [2.45, 2.75) is 58.1 Å². The van der Waals surface area contributed by atoms with E-state index in [1.807, 2.05) is 30.0 Å². The first-order valence-corrected chi connectivity index (χ1v) is 13.1. The summed E-state index contributed by atoms with van der Waals surface area (Å²) in [6.07, 6.45) is 2.77. The molecule has 7 nitrogen and oxygen atoms in total. The molecular weight excluding hydrogens is 462 g/mol. The fourth-order valence-electron chi connectivity index (χ4n) is 4.92. The molecule has 0 fully saturated rings. The summed E-state index contributed by atoms with van der Waals surface area (Å²) < 4.78 is 34.3. The van der Waals surface area contributed by atoms with Crippen LogP contribution in [0.25, 0.3) is 0 Å². The van der Waals surface area contributed by atoms with Crippen LogP contribution in [0, 0.1) is 20.8 Å². The third-order valence-corrected chi connectivity index (χ3v) is 8.10. The third kappa shape index (κ3) is 4.56. The number of hydrogen-bond acceptors (Lipinski definition) is 6. The molecule has 0 radical (unpaired) electrons. The summed E-state index contributed by atoms with van der Waals surface area (Å²) in [6, 6.07) is 12.6. The van der Waals surface area contributed by atoms with Crippen molar-refractivity contribution in [2.75, 3.05) is 6.61 Å². The van der Waals surface area contributed by atoms with Crippen molar-refractivity contribution in [1.29, 1.82) is 0 Å². The standard InChI is InChI=1S/C27H31N3O4S/c1-6-34-25-9-7-8-24-23(25)17-30(16-22-19(3)14-18(2)15-20(22)4)27(24,5)26(31)29-35(32,33)21-10-12-28-13-11-21/h7-15H,6,16-17H2,1-5H3,(H,29,31). The van der Waals surface area contributed by atoms with Gasteiger partial charge in [-0.3, -0.25) is 14.7 Å². The molecule has 1 amide bonds. The van der Waals surface area contributed by atoms with Crippen molar-refractivity contribution >= 4 is 15.9 Å². The van der Waals surface area contributed by atoms with E-state index in [-0.39, 0.29) is 4.90 Å². The van der Waals surface area contributed by atoms with Crippen molar-refractivity contribution in [2.24, 2.45) is 0 Å². The van der Waals surface area contributed by atoms with Gasteiger partial charge in [-0.15, -0.1) is 0 Å². The lowest BCUT2D eigenvalue weighted by Crippen LogP contribution is -2.52. The number of aryl methyl sites for hydroxylation is 3. The smallest absolute Gasteiger partial charge is 0.264 e.